The van der Waals surface area contributed by atoms with Crippen LogP contribution in [0.3, 0.4) is 0 Å². The van der Waals surface area contributed by atoms with Crippen molar-refractivity contribution in [2.45, 2.75) is 18.6 Å². The highest BCUT2D eigenvalue weighted by Crippen LogP contribution is 2.31. The minimum Gasteiger partial charge on any atom is -0.337 e. The molecule has 0 saturated carbocycles. The van der Waals surface area contributed by atoms with Crippen LogP contribution in [0.2, 0.25) is 0 Å². The summed E-state index contributed by atoms with van der Waals surface area (Å²) in [6, 6.07) is 8.69. The van der Waals surface area contributed by atoms with Gasteiger partial charge in [-0.2, -0.15) is 0 Å². The summed E-state index contributed by atoms with van der Waals surface area (Å²) in [7, 11) is 0. The second-order valence-corrected chi connectivity index (χ2v) is 6.14. The highest BCUT2D eigenvalue weighted by molar-refractivity contribution is 7.09. The molecule has 2 aromatic heterocycles. The second-order valence-electron chi connectivity index (χ2n) is 5.11. The van der Waals surface area contributed by atoms with E-state index < -0.39 is 0 Å². The predicted molar refractivity (Wildman–Crippen MR) is 74.3 cm³/mol. The summed E-state index contributed by atoms with van der Waals surface area (Å²) < 4.78 is 2.14. The summed E-state index contributed by atoms with van der Waals surface area (Å²) in [6.07, 6.45) is 2.03. The molecular weight excluding hydrogens is 258 g/mol. The molecule has 4 nitrogen and oxygen atoms in total. The third-order valence-corrected chi connectivity index (χ3v) is 4.94. The van der Waals surface area contributed by atoms with Gasteiger partial charge in [0.2, 0.25) is 0 Å². The van der Waals surface area contributed by atoms with Gasteiger partial charge in [0.25, 0.3) is 5.91 Å². The fourth-order valence-electron chi connectivity index (χ4n) is 3.17. The minimum absolute atomic E-state index is 0.156. The van der Waals surface area contributed by atoms with Gasteiger partial charge in [-0.3, -0.25) is 4.79 Å². The highest BCUT2D eigenvalue weighted by atomic mass is 32.1. The van der Waals surface area contributed by atoms with Crippen LogP contribution in [0.1, 0.15) is 21.4 Å². The summed E-state index contributed by atoms with van der Waals surface area (Å²) in [5.41, 5.74) is 0.821. The van der Waals surface area contributed by atoms with E-state index in [-0.39, 0.29) is 11.9 Å². The third-order valence-electron chi connectivity index (χ3n) is 4.07. The van der Waals surface area contributed by atoms with Crippen LogP contribution in [0.4, 0.5) is 0 Å². The van der Waals surface area contributed by atoms with Crippen molar-refractivity contribution < 1.29 is 4.79 Å². The van der Waals surface area contributed by atoms with Gasteiger partial charge >= 0.3 is 0 Å². The summed E-state index contributed by atoms with van der Waals surface area (Å²) in [5, 5.41) is 5.48. The standard InChI is InChI=1S/C14H15N3OS/c18-14-11-4-1-5-16(11)12-7-15-8-13(12)17(14)9-10-3-2-6-19-10/h1-6,12-13,15H,7-9H2/t12-,13+/m1/s1. The number of nitrogens with one attached hydrogen (secondary N) is 1. The molecule has 0 radical (unpaired) electrons. The topological polar surface area (TPSA) is 37.3 Å². The normalized spacial score (nSPS) is 25.5. The molecule has 0 bridgehead atoms. The maximum atomic E-state index is 12.6. The smallest absolute Gasteiger partial charge is 0.271 e. The first kappa shape index (κ1) is 11.3. The van der Waals surface area contributed by atoms with Crippen LogP contribution in [-0.4, -0.2) is 34.5 Å². The molecule has 1 saturated heterocycles. The zero-order chi connectivity index (χ0) is 12.8. The number of nitrogens with zero attached hydrogens (tertiary/aromatic N) is 2. The van der Waals surface area contributed by atoms with Gasteiger partial charge < -0.3 is 14.8 Å². The largest absolute Gasteiger partial charge is 0.337 e. The Balaban J connectivity index is 1.73. The fraction of sp³-hybridized carbons (Fsp3) is 0.357. The monoisotopic (exact) mass is 273 g/mol. The van der Waals surface area contributed by atoms with E-state index >= 15 is 0 Å². The van der Waals surface area contributed by atoms with Gasteiger partial charge in [-0.25, -0.2) is 0 Å². The zero-order valence-electron chi connectivity index (χ0n) is 10.5. The van der Waals surface area contributed by atoms with Crippen molar-refractivity contribution in [2.75, 3.05) is 13.1 Å². The minimum atomic E-state index is 0.156. The van der Waals surface area contributed by atoms with E-state index in [1.807, 2.05) is 29.3 Å². The molecule has 1 N–H and O–H groups in total. The quantitative estimate of drug-likeness (QED) is 0.904. The van der Waals surface area contributed by atoms with E-state index in [1.54, 1.807) is 11.3 Å². The van der Waals surface area contributed by atoms with E-state index in [0.29, 0.717) is 6.04 Å². The van der Waals surface area contributed by atoms with Gasteiger partial charge in [-0.15, -0.1) is 11.3 Å². The van der Waals surface area contributed by atoms with E-state index in [2.05, 4.69) is 21.3 Å². The number of amides is 1. The molecule has 0 unspecified atom stereocenters. The first-order chi connectivity index (χ1) is 9.34. The predicted octanol–water partition coefficient (Wildman–Crippen LogP) is 1.72. The van der Waals surface area contributed by atoms with Crippen molar-refractivity contribution in [3.05, 3.63) is 46.4 Å². The average Bonchev–Trinajstić information content (AvgIpc) is 3.12. The molecule has 2 atom stereocenters. The molecule has 5 heteroatoms. The Kier molecular flexibility index (Phi) is 2.50. The van der Waals surface area contributed by atoms with Gasteiger partial charge in [-0.1, -0.05) is 6.07 Å². The molecule has 1 amide bonds. The van der Waals surface area contributed by atoms with Crippen LogP contribution in [0.25, 0.3) is 0 Å². The van der Waals surface area contributed by atoms with Crippen molar-refractivity contribution in [1.29, 1.82) is 0 Å². The van der Waals surface area contributed by atoms with E-state index in [0.717, 1.165) is 25.3 Å². The van der Waals surface area contributed by atoms with Gasteiger partial charge in [0.1, 0.15) is 5.69 Å². The Bertz CT molecular complexity index is 604. The average molecular weight is 273 g/mol. The molecule has 4 heterocycles. The number of hydrogen-bond acceptors (Lipinski definition) is 3. The number of thiophene rings is 1. The highest BCUT2D eigenvalue weighted by Gasteiger charge is 2.41. The van der Waals surface area contributed by atoms with Crippen LogP contribution in [0, 0.1) is 0 Å². The molecule has 0 aromatic carbocycles. The van der Waals surface area contributed by atoms with Crippen LogP contribution in [0.5, 0.6) is 0 Å². The summed E-state index contributed by atoms with van der Waals surface area (Å²) in [5.74, 6) is 0.156. The molecule has 2 aliphatic rings. The number of hydrogen-bond donors (Lipinski definition) is 1. The Labute approximate surface area is 115 Å². The second kappa shape index (κ2) is 4.21. The van der Waals surface area contributed by atoms with E-state index in [9.17, 15) is 4.79 Å². The Morgan fingerprint density at radius 2 is 2.16 bits per heavy atom. The van der Waals surface area contributed by atoms with Gasteiger partial charge in [-0.05, 0) is 23.6 Å². The molecule has 98 valence electrons. The molecule has 0 aliphatic carbocycles. The van der Waals surface area contributed by atoms with Crippen LogP contribution in [-0.2, 0) is 6.54 Å². The molecule has 19 heavy (non-hydrogen) atoms. The fourth-order valence-corrected chi connectivity index (χ4v) is 3.88. The number of fused-ring (bicyclic) bond motifs is 3. The lowest BCUT2D eigenvalue weighted by atomic mass is 10.1. The van der Waals surface area contributed by atoms with Gasteiger partial charge in [0, 0.05) is 24.2 Å². The van der Waals surface area contributed by atoms with Crippen LogP contribution < -0.4 is 5.32 Å². The SMILES string of the molecule is O=C1c2cccn2[C@@H]2CNC[C@@H]2N1Cc1cccs1. The van der Waals surface area contributed by atoms with Crippen molar-refractivity contribution in [2.24, 2.45) is 0 Å². The van der Waals surface area contributed by atoms with E-state index in [1.165, 1.54) is 4.88 Å². The number of carbonyl (C=O) groups excluding carboxylic acids is 1. The Morgan fingerprint density at radius 3 is 3.00 bits per heavy atom. The first-order valence-corrected chi connectivity index (χ1v) is 7.43. The molecular formula is C14H15N3OS. The molecule has 0 spiro atoms. The first-order valence-electron chi connectivity index (χ1n) is 6.55. The van der Waals surface area contributed by atoms with Crippen molar-refractivity contribution in [3.63, 3.8) is 0 Å². The molecule has 4 rings (SSSR count). The van der Waals surface area contributed by atoms with E-state index in [4.69, 9.17) is 0 Å². The lowest BCUT2D eigenvalue weighted by molar-refractivity contribution is 0.0564. The summed E-state index contributed by atoms with van der Waals surface area (Å²) in [4.78, 5) is 15.9. The van der Waals surface area contributed by atoms with Gasteiger partial charge in [0.05, 0.1) is 18.6 Å². The van der Waals surface area contributed by atoms with Crippen molar-refractivity contribution >= 4 is 17.2 Å². The molecule has 1 fully saturated rings. The molecule has 2 aromatic rings. The Hall–Kier alpha value is -1.59. The Morgan fingerprint density at radius 1 is 1.26 bits per heavy atom. The molecule has 2 aliphatic heterocycles. The maximum absolute atomic E-state index is 12.6. The van der Waals surface area contributed by atoms with Gasteiger partial charge in [0.15, 0.2) is 0 Å². The number of carbonyl (C=O) groups is 1. The van der Waals surface area contributed by atoms with Crippen LogP contribution in [0.15, 0.2) is 35.8 Å². The third kappa shape index (κ3) is 1.65. The summed E-state index contributed by atoms with van der Waals surface area (Å²) >= 11 is 1.72. The summed E-state index contributed by atoms with van der Waals surface area (Å²) in [6.45, 7) is 2.56. The number of rotatable bonds is 2. The lowest BCUT2D eigenvalue weighted by Crippen LogP contribution is -2.49. The van der Waals surface area contributed by atoms with Crippen molar-refractivity contribution in [3.8, 4) is 0 Å². The van der Waals surface area contributed by atoms with Crippen LogP contribution >= 0.6 is 11.3 Å². The zero-order valence-corrected chi connectivity index (χ0v) is 11.3. The van der Waals surface area contributed by atoms with Crippen molar-refractivity contribution in [1.82, 2.24) is 14.8 Å². The lowest BCUT2D eigenvalue weighted by Gasteiger charge is -2.38. The number of aromatic nitrogens is 1. The maximum Gasteiger partial charge on any atom is 0.271 e.